The number of carbonyl (C=O) groups is 1. The molecule has 1 amide bonds. The molecular formula is C12H11N5O2S2. The van der Waals surface area contributed by atoms with Crippen molar-refractivity contribution < 1.29 is 9.32 Å². The van der Waals surface area contributed by atoms with E-state index in [0.717, 1.165) is 22.9 Å². The summed E-state index contributed by atoms with van der Waals surface area (Å²) < 4.78 is 5.86. The molecule has 1 aliphatic rings. The molecule has 1 fully saturated rings. The molecule has 9 heteroatoms. The van der Waals surface area contributed by atoms with Crippen LogP contribution in [0.25, 0.3) is 0 Å². The van der Waals surface area contributed by atoms with Gasteiger partial charge in [0.15, 0.2) is 10.0 Å². The number of aromatic nitrogens is 3. The molecule has 3 rings (SSSR count). The highest BCUT2D eigenvalue weighted by atomic mass is 32.2. The van der Waals surface area contributed by atoms with Crippen LogP contribution in [0.1, 0.15) is 41.4 Å². The summed E-state index contributed by atoms with van der Waals surface area (Å²) in [6, 6.07) is 3.74. The van der Waals surface area contributed by atoms with E-state index < -0.39 is 0 Å². The van der Waals surface area contributed by atoms with Crippen LogP contribution in [0.3, 0.4) is 0 Å². The minimum Gasteiger partial charge on any atom is -0.360 e. The third kappa shape index (κ3) is 3.59. The molecule has 21 heavy (non-hydrogen) atoms. The third-order valence-corrected chi connectivity index (χ3v) is 4.78. The molecule has 7 nitrogen and oxygen atoms in total. The van der Waals surface area contributed by atoms with E-state index in [2.05, 4.69) is 26.7 Å². The maximum absolute atomic E-state index is 12.0. The molecule has 0 aromatic carbocycles. The number of carbonyl (C=O) groups excluding carboxylic acids is 1. The number of nitrogens with one attached hydrogen (secondary N) is 1. The van der Waals surface area contributed by atoms with E-state index in [1.165, 1.54) is 23.1 Å². The van der Waals surface area contributed by atoms with Gasteiger partial charge in [-0.25, -0.2) is 0 Å². The Hall–Kier alpha value is -1.92. The smallest absolute Gasteiger partial charge is 0.279 e. The summed E-state index contributed by atoms with van der Waals surface area (Å²) in [5, 5.41) is 23.1. The molecule has 1 N–H and O–H groups in total. The number of hydrogen-bond donors (Lipinski definition) is 1. The molecular weight excluding hydrogens is 310 g/mol. The molecule has 1 saturated carbocycles. The van der Waals surface area contributed by atoms with E-state index in [0.29, 0.717) is 23.2 Å². The molecule has 0 radical (unpaired) electrons. The van der Waals surface area contributed by atoms with Gasteiger partial charge in [0.2, 0.25) is 5.13 Å². The normalized spacial score (nSPS) is 13.9. The lowest BCUT2D eigenvalue weighted by Gasteiger charge is -1.94. The highest BCUT2D eigenvalue weighted by Crippen LogP contribution is 2.40. The second-order valence-electron chi connectivity index (χ2n) is 4.47. The minimum absolute atomic E-state index is 0.255. The van der Waals surface area contributed by atoms with Gasteiger partial charge in [0.25, 0.3) is 5.91 Å². The minimum atomic E-state index is -0.352. The molecule has 0 spiro atoms. The first-order valence-electron chi connectivity index (χ1n) is 6.37. The van der Waals surface area contributed by atoms with Gasteiger partial charge < -0.3 is 4.52 Å². The Balaban J connectivity index is 1.57. The lowest BCUT2D eigenvalue weighted by atomic mass is 10.3. The zero-order valence-electron chi connectivity index (χ0n) is 10.9. The lowest BCUT2D eigenvalue weighted by Crippen LogP contribution is -2.11. The van der Waals surface area contributed by atoms with E-state index in [4.69, 9.17) is 9.78 Å². The molecule has 2 aromatic heterocycles. The Morgan fingerprint density at radius 3 is 3.19 bits per heavy atom. The first kappa shape index (κ1) is 14.0. The largest absolute Gasteiger partial charge is 0.360 e. The average Bonchev–Trinajstić information content (AvgIpc) is 3.04. The molecule has 2 aromatic rings. The van der Waals surface area contributed by atoms with Crippen LogP contribution in [0.5, 0.6) is 0 Å². The Morgan fingerprint density at radius 1 is 1.57 bits per heavy atom. The number of anilines is 1. The van der Waals surface area contributed by atoms with Crippen molar-refractivity contribution >= 4 is 34.1 Å². The second kappa shape index (κ2) is 6.24. The fourth-order valence-corrected chi connectivity index (χ4v) is 3.28. The van der Waals surface area contributed by atoms with Crippen LogP contribution in [0, 0.1) is 11.3 Å². The number of nitrogens with zero attached hydrogens (tertiary/aromatic N) is 4. The van der Waals surface area contributed by atoms with Gasteiger partial charge in [0, 0.05) is 24.2 Å². The van der Waals surface area contributed by atoms with Crippen molar-refractivity contribution in [3.8, 4) is 6.07 Å². The maximum atomic E-state index is 12.0. The summed E-state index contributed by atoms with van der Waals surface area (Å²) >= 11 is 2.71. The van der Waals surface area contributed by atoms with E-state index in [-0.39, 0.29) is 11.6 Å². The monoisotopic (exact) mass is 321 g/mol. The van der Waals surface area contributed by atoms with Crippen molar-refractivity contribution in [2.24, 2.45) is 0 Å². The van der Waals surface area contributed by atoms with Crippen molar-refractivity contribution in [1.29, 1.82) is 5.26 Å². The molecule has 0 atom stereocenters. The summed E-state index contributed by atoms with van der Waals surface area (Å²) in [6.07, 6.45) is 2.64. The van der Waals surface area contributed by atoms with Crippen LogP contribution in [-0.2, 0) is 0 Å². The summed E-state index contributed by atoms with van der Waals surface area (Å²) in [5.41, 5.74) is 0.255. The van der Waals surface area contributed by atoms with Crippen molar-refractivity contribution in [1.82, 2.24) is 15.4 Å². The van der Waals surface area contributed by atoms with Gasteiger partial charge in [-0.3, -0.25) is 10.1 Å². The maximum Gasteiger partial charge on any atom is 0.279 e. The van der Waals surface area contributed by atoms with Gasteiger partial charge in [-0.15, -0.1) is 10.2 Å². The zero-order valence-corrected chi connectivity index (χ0v) is 12.5. The topological polar surface area (TPSA) is 105 Å². The van der Waals surface area contributed by atoms with Crippen LogP contribution in [0.2, 0.25) is 0 Å². The molecule has 0 aliphatic heterocycles. The molecule has 0 saturated heterocycles. The van der Waals surface area contributed by atoms with E-state index in [9.17, 15) is 4.79 Å². The number of hydrogen-bond acceptors (Lipinski definition) is 8. The van der Waals surface area contributed by atoms with Crippen LogP contribution in [-0.4, -0.2) is 27.0 Å². The second-order valence-corrected chi connectivity index (χ2v) is 6.79. The molecule has 0 unspecified atom stereocenters. The van der Waals surface area contributed by atoms with Crippen molar-refractivity contribution in [2.75, 3.05) is 11.1 Å². The third-order valence-electron chi connectivity index (χ3n) is 2.81. The first-order valence-corrected chi connectivity index (χ1v) is 8.17. The number of amides is 1. The predicted molar refractivity (Wildman–Crippen MR) is 77.3 cm³/mol. The van der Waals surface area contributed by atoms with E-state index >= 15 is 0 Å². The average molecular weight is 321 g/mol. The Morgan fingerprint density at radius 2 is 2.43 bits per heavy atom. The van der Waals surface area contributed by atoms with Crippen molar-refractivity contribution in [3.63, 3.8) is 0 Å². The Bertz CT molecular complexity index is 686. The van der Waals surface area contributed by atoms with Crippen LogP contribution >= 0.6 is 23.1 Å². The van der Waals surface area contributed by atoms with Crippen LogP contribution < -0.4 is 5.32 Å². The number of thioether (sulfide) groups is 1. The summed E-state index contributed by atoms with van der Waals surface area (Å²) in [4.78, 5) is 12.0. The molecule has 2 heterocycles. The fourth-order valence-electron chi connectivity index (χ4n) is 1.62. The van der Waals surface area contributed by atoms with Gasteiger partial charge >= 0.3 is 0 Å². The highest BCUT2D eigenvalue weighted by Gasteiger charge is 2.29. The molecule has 108 valence electrons. The van der Waals surface area contributed by atoms with E-state index in [1.54, 1.807) is 6.07 Å². The van der Waals surface area contributed by atoms with Crippen molar-refractivity contribution in [2.45, 2.75) is 29.5 Å². The van der Waals surface area contributed by atoms with Gasteiger partial charge in [-0.1, -0.05) is 28.3 Å². The standard InChI is InChI=1S/C12H11N5O2S2/c13-4-1-5-20-12-16-15-11(21-12)14-10(18)8-6-9(19-17-8)7-2-3-7/h6-7H,1-3,5H2,(H,14,15,18). The van der Waals surface area contributed by atoms with Crippen molar-refractivity contribution in [3.05, 3.63) is 17.5 Å². The molecule has 1 aliphatic carbocycles. The Kier molecular flexibility index (Phi) is 4.17. The van der Waals surface area contributed by atoms with E-state index in [1.807, 2.05) is 0 Å². The van der Waals surface area contributed by atoms with Crippen LogP contribution in [0.15, 0.2) is 14.9 Å². The fraction of sp³-hybridized carbons (Fsp3) is 0.417. The van der Waals surface area contributed by atoms with Gasteiger partial charge in [0.1, 0.15) is 5.76 Å². The number of rotatable bonds is 6. The quantitative estimate of drug-likeness (QED) is 0.495. The zero-order chi connectivity index (χ0) is 14.7. The Labute approximate surface area is 128 Å². The summed E-state index contributed by atoms with van der Waals surface area (Å²) in [6.45, 7) is 0. The summed E-state index contributed by atoms with van der Waals surface area (Å²) in [7, 11) is 0. The first-order chi connectivity index (χ1) is 10.3. The van der Waals surface area contributed by atoms with Gasteiger partial charge in [0.05, 0.1) is 6.07 Å². The highest BCUT2D eigenvalue weighted by molar-refractivity contribution is 8.01. The SMILES string of the molecule is N#CCCSc1nnc(NC(=O)c2cc(C3CC3)on2)s1. The van der Waals surface area contributed by atoms with Crippen LogP contribution in [0.4, 0.5) is 5.13 Å². The molecule has 0 bridgehead atoms. The van der Waals surface area contributed by atoms with Gasteiger partial charge in [-0.2, -0.15) is 5.26 Å². The number of nitriles is 1. The van der Waals surface area contributed by atoms with Gasteiger partial charge in [-0.05, 0) is 12.8 Å². The lowest BCUT2D eigenvalue weighted by molar-refractivity contribution is 0.101. The predicted octanol–water partition coefficient (Wildman–Crippen LogP) is 2.66. The summed E-state index contributed by atoms with van der Waals surface area (Å²) in [5.74, 6) is 1.50.